The second kappa shape index (κ2) is 6.00. The lowest BCUT2D eigenvalue weighted by Crippen LogP contribution is -2.40. The first-order chi connectivity index (χ1) is 11.5. The molecule has 0 atom stereocenters. The van der Waals surface area contributed by atoms with E-state index in [-0.39, 0.29) is 0 Å². The van der Waals surface area contributed by atoms with Crippen molar-refractivity contribution in [3.05, 3.63) is 87.1 Å². The molecular weight excluding hydrogens is 308 g/mol. The summed E-state index contributed by atoms with van der Waals surface area (Å²) < 4.78 is 1.83. The number of nitrogens with zero attached hydrogens (tertiary/aromatic N) is 2. The van der Waals surface area contributed by atoms with Crippen molar-refractivity contribution >= 4 is 5.78 Å². The number of Topliss-reactive ketones (excluding diaryl/α,β-unsaturated/α-hetero) is 1. The topological polar surface area (TPSA) is 81.3 Å². The van der Waals surface area contributed by atoms with E-state index >= 15 is 0 Å². The summed E-state index contributed by atoms with van der Waals surface area (Å²) in [5, 5.41) is 10.4. The minimum absolute atomic E-state index is 0.319. The van der Waals surface area contributed by atoms with E-state index in [1.807, 2.05) is 0 Å². The third kappa shape index (κ3) is 2.44. The van der Waals surface area contributed by atoms with Crippen LogP contribution in [0.4, 0.5) is 0 Å². The lowest BCUT2D eigenvalue weighted by Gasteiger charge is -2.14. The summed E-state index contributed by atoms with van der Waals surface area (Å²) >= 11 is 0. The molecule has 120 valence electrons. The van der Waals surface area contributed by atoms with Gasteiger partial charge in [0.2, 0.25) is 5.88 Å². The Morgan fingerprint density at radius 3 is 1.75 bits per heavy atom. The molecule has 0 saturated carbocycles. The number of carbonyl (C=O) groups excluding carboxylic acids is 1. The van der Waals surface area contributed by atoms with Gasteiger partial charge >= 0.3 is 5.69 Å². The molecule has 2 aromatic carbocycles. The average Bonchev–Trinajstić information content (AvgIpc) is 2.56. The number of para-hydroxylation sites is 2. The van der Waals surface area contributed by atoms with Crippen molar-refractivity contribution in [2.45, 2.75) is 6.92 Å². The van der Waals surface area contributed by atoms with Crippen LogP contribution in [-0.4, -0.2) is 20.0 Å². The van der Waals surface area contributed by atoms with Gasteiger partial charge in [-0.05, 0) is 31.2 Å². The molecule has 0 bridgehead atoms. The van der Waals surface area contributed by atoms with Crippen LogP contribution in [0, 0.1) is 0 Å². The third-order valence-electron chi connectivity index (χ3n) is 3.62. The van der Waals surface area contributed by atoms with Crippen LogP contribution in [0.5, 0.6) is 5.88 Å². The molecule has 0 amide bonds. The molecule has 0 spiro atoms. The van der Waals surface area contributed by atoms with Gasteiger partial charge in [-0.3, -0.25) is 9.59 Å². The highest BCUT2D eigenvalue weighted by Gasteiger charge is 2.23. The molecule has 1 heterocycles. The second-order valence-electron chi connectivity index (χ2n) is 5.18. The van der Waals surface area contributed by atoms with E-state index in [4.69, 9.17) is 0 Å². The van der Waals surface area contributed by atoms with Gasteiger partial charge in [0, 0.05) is 0 Å². The molecule has 0 fully saturated rings. The summed E-state index contributed by atoms with van der Waals surface area (Å²) in [7, 11) is 0. The largest absolute Gasteiger partial charge is 0.493 e. The maximum Gasteiger partial charge on any atom is 0.343 e. The van der Waals surface area contributed by atoms with Crippen LogP contribution in [0.1, 0.15) is 17.3 Å². The Bertz CT molecular complexity index is 1020. The molecule has 6 heteroatoms. The summed E-state index contributed by atoms with van der Waals surface area (Å²) in [6.45, 7) is 1.17. The molecule has 0 aliphatic carbocycles. The second-order valence-corrected chi connectivity index (χ2v) is 5.18. The lowest BCUT2D eigenvalue weighted by molar-refractivity contribution is 0.101. The third-order valence-corrected chi connectivity index (χ3v) is 3.62. The number of aromatic hydroxyl groups is 1. The van der Waals surface area contributed by atoms with E-state index in [1.54, 1.807) is 60.7 Å². The summed E-state index contributed by atoms with van der Waals surface area (Å²) in [5.74, 6) is -1.28. The fraction of sp³-hybridized carbons (Fsp3) is 0.0556. The molecule has 0 saturated heterocycles. The SMILES string of the molecule is CC(=O)c1c(O)n(-c2ccccc2)c(=O)n(-c2ccccc2)c1=O. The van der Waals surface area contributed by atoms with Gasteiger partial charge in [-0.25, -0.2) is 13.9 Å². The van der Waals surface area contributed by atoms with Crippen LogP contribution in [0.2, 0.25) is 0 Å². The lowest BCUT2D eigenvalue weighted by atomic mass is 10.2. The monoisotopic (exact) mass is 322 g/mol. The van der Waals surface area contributed by atoms with Gasteiger partial charge in [0.25, 0.3) is 5.56 Å². The Labute approximate surface area is 136 Å². The Balaban J connectivity index is 2.49. The summed E-state index contributed by atoms with van der Waals surface area (Å²) in [6.07, 6.45) is 0. The first-order valence-electron chi connectivity index (χ1n) is 7.25. The highest BCUT2D eigenvalue weighted by atomic mass is 16.3. The number of ketones is 1. The van der Waals surface area contributed by atoms with E-state index in [0.29, 0.717) is 11.4 Å². The van der Waals surface area contributed by atoms with Gasteiger partial charge in [-0.2, -0.15) is 0 Å². The van der Waals surface area contributed by atoms with Crippen LogP contribution in [0.25, 0.3) is 11.4 Å². The van der Waals surface area contributed by atoms with E-state index in [1.165, 1.54) is 6.92 Å². The number of aromatic nitrogens is 2. The van der Waals surface area contributed by atoms with Gasteiger partial charge in [0.1, 0.15) is 5.56 Å². The van der Waals surface area contributed by atoms with Crippen molar-refractivity contribution in [3.8, 4) is 17.3 Å². The standard InChI is InChI=1S/C18H14N2O4/c1-12(21)15-16(22)19(13-8-4-2-5-9-13)18(24)20(17(15)23)14-10-6-3-7-11-14/h2-11,22H,1H3. The van der Waals surface area contributed by atoms with Crippen molar-refractivity contribution < 1.29 is 9.90 Å². The van der Waals surface area contributed by atoms with Gasteiger partial charge in [-0.1, -0.05) is 36.4 Å². The van der Waals surface area contributed by atoms with E-state index in [0.717, 1.165) is 9.13 Å². The molecule has 6 nitrogen and oxygen atoms in total. The van der Waals surface area contributed by atoms with Gasteiger partial charge in [0.05, 0.1) is 11.4 Å². The Kier molecular flexibility index (Phi) is 3.87. The van der Waals surface area contributed by atoms with E-state index in [2.05, 4.69) is 0 Å². The summed E-state index contributed by atoms with van der Waals surface area (Å²) in [4.78, 5) is 37.3. The molecular formula is C18H14N2O4. The molecule has 3 rings (SSSR count). The fourth-order valence-corrected chi connectivity index (χ4v) is 2.52. The number of carbonyl (C=O) groups is 1. The fourth-order valence-electron chi connectivity index (χ4n) is 2.52. The molecule has 1 aromatic heterocycles. The van der Waals surface area contributed by atoms with E-state index in [9.17, 15) is 19.5 Å². The highest BCUT2D eigenvalue weighted by molar-refractivity contribution is 5.96. The van der Waals surface area contributed by atoms with Gasteiger partial charge in [0.15, 0.2) is 5.78 Å². The van der Waals surface area contributed by atoms with Crippen molar-refractivity contribution in [2.75, 3.05) is 0 Å². The number of hydrogen-bond acceptors (Lipinski definition) is 4. The number of rotatable bonds is 3. The van der Waals surface area contributed by atoms with Crippen LogP contribution in [0.15, 0.2) is 70.3 Å². The average molecular weight is 322 g/mol. The molecule has 0 unspecified atom stereocenters. The predicted octanol–water partition coefficient (Wildman–Crippen LogP) is 1.90. The summed E-state index contributed by atoms with van der Waals surface area (Å²) in [6, 6.07) is 16.6. The quantitative estimate of drug-likeness (QED) is 0.747. The van der Waals surface area contributed by atoms with Crippen molar-refractivity contribution in [2.24, 2.45) is 0 Å². The molecule has 3 aromatic rings. The van der Waals surface area contributed by atoms with E-state index < -0.39 is 28.5 Å². The number of hydrogen-bond donors (Lipinski definition) is 1. The number of benzene rings is 2. The minimum Gasteiger partial charge on any atom is -0.493 e. The zero-order chi connectivity index (χ0) is 17.3. The summed E-state index contributed by atoms with van der Waals surface area (Å²) in [5.41, 5.74) is -1.35. The molecule has 1 N–H and O–H groups in total. The maximum absolute atomic E-state index is 12.8. The Morgan fingerprint density at radius 2 is 1.29 bits per heavy atom. The smallest absolute Gasteiger partial charge is 0.343 e. The van der Waals surface area contributed by atoms with Crippen molar-refractivity contribution in [1.29, 1.82) is 0 Å². The first-order valence-corrected chi connectivity index (χ1v) is 7.25. The highest BCUT2D eigenvalue weighted by Crippen LogP contribution is 2.18. The Morgan fingerprint density at radius 1 is 0.833 bits per heavy atom. The maximum atomic E-state index is 12.8. The van der Waals surface area contributed by atoms with Crippen LogP contribution >= 0.6 is 0 Å². The Hall–Kier alpha value is -3.41. The van der Waals surface area contributed by atoms with Crippen molar-refractivity contribution in [3.63, 3.8) is 0 Å². The van der Waals surface area contributed by atoms with Crippen LogP contribution in [-0.2, 0) is 0 Å². The zero-order valence-corrected chi connectivity index (χ0v) is 12.8. The molecule has 0 aliphatic heterocycles. The minimum atomic E-state index is -0.844. The van der Waals surface area contributed by atoms with Crippen molar-refractivity contribution in [1.82, 2.24) is 9.13 Å². The zero-order valence-electron chi connectivity index (χ0n) is 12.8. The van der Waals surface area contributed by atoms with Gasteiger partial charge in [-0.15, -0.1) is 0 Å². The normalized spacial score (nSPS) is 10.5. The molecule has 24 heavy (non-hydrogen) atoms. The van der Waals surface area contributed by atoms with Gasteiger partial charge < -0.3 is 5.11 Å². The predicted molar refractivity (Wildman–Crippen MR) is 89.3 cm³/mol. The molecule has 0 aliphatic rings. The van der Waals surface area contributed by atoms with Crippen LogP contribution in [0.3, 0.4) is 0 Å². The van der Waals surface area contributed by atoms with Crippen LogP contribution < -0.4 is 11.2 Å². The molecule has 0 radical (unpaired) electrons. The first kappa shape index (κ1) is 15.5.